The highest BCUT2D eigenvalue weighted by molar-refractivity contribution is 5.81. The number of nitrogens with two attached hydrogens (primary N) is 1. The quantitative estimate of drug-likeness (QED) is 0.789. The van der Waals surface area contributed by atoms with E-state index in [1.165, 1.54) is 6.92 Å². The molecule has 1 aliphatic rings. The summed E-state index contributed by atoms with van der Waals surface area (Å²) in [6.07, 6.45) is 1.87. The van der Waals surface area contributed by atoms with Crippen LogP contribution in [0.1, 0.15) is 30.8 Å². The number of aromatic amines is 1. The minimum absolute atomic E-state index is 0.179. The summed E-state index contributed by atoms with van der Waals surface area (Å²) in [5, 5.41) is 16.9. The molecular weight excluding hydrogens is 296 g/mol. The third-order valence-corrected chi connectivity index (χ3v) is 4.21. The van der Waals surface area contributed by atoms with Crippen LogP contribution in [0.15, 0.2) is 25.0 Å². The van der Waals surface area contributed by atoms with Crippen LogP contribution in [0.3, 0.4) is 0 Å². The summed E-state index contributed by atoms with van der Waals surface area (Å²) in [5.41, 5.74) is 9.73. The van der Waals surface area contributed by atoms with E-state index in [2.05, 4.69) is 16.8 Å². The number of rotatable bonds is 4. The molecule has 2 aromatic heterocycles. The van der Waals surface area contributed by atoms with E-state index >= 15 is 0 Å². The van der Waals surface area contributed by atoms with Crippen molar-refractivity contribution in [1.82, 2.24) is 14.8 Å². The van der Waals surface area contributed by atoms with Crippen LogP contribution in [0.25, 0.3) is 17.0 Å². The molecule has 0 radical (unpaired) electrons. The average Bonchev–Trinajstić information content (AvgIpc) is 3.16. The van der Waals surface area contributed by atoms with Crippen LogP contribution < -0.4 is 5.73 Å². The van der Waals surface area contributed by atoms with Crippen molar-refractivity contribution in [3.63, 3.8) is 0 Å². The van der Waals surface area contributed by atoms with E-state index in [0.717, 1.165) is 22.5 Å². The molecule has 0 unspecified atom stereocenters. The third kappa shape index (κ3) is 2.58. The summed E-state index contributed by atoms with van der Waals surface area (Å²) >= 11 is 0. The standard InChI is InChI=1S/C16H20N4O3/c1-8(17)15-9(2)20(7-11(15)12-4-5-18-19-12)14-6-13(22)16(23-14)10(3)21/h4-5,7,13-14,16,22H,1,6,17H2,2-3H3,(H,18,19)/t13-,14+,16+/m0/s1. The summed E-state index contributed by atoms with van der Waals surface area (Å²) in [7, 11) is 0. The normalized spacial score (nSPS) is 24.0. The van der Waals surface area contributed by atoms with E-state index in [9.17, 15) is 9.90 Å². The average molecular weight is 316 g/mol. The Morgan fingerprint density at radius 1 is 1.61 bits per heavy atom. The van der Waals surface area contributed by atoms with Gasteiger partial charge in [-0.25, -0.2) is 0 Å². The number of aliphatic hydroxyl groups is 1. The molecule has 23 heavy (non-hydrogen) atoms. The largest absolute Gasteiger partial charge is 0.399 e. The van der Waals surface area contributed by atoms with Gasteiger partial charge in [0, 0.05) is 41.3 Å². The number of ether oxygens (including phenoxy) is 1. The molecular formula is C16H20N4O3. The molecule has 4 N–H and O–H groups in total. The number of hydrogen-bond donors (Lipinski definition) is 3. The molecule has 1 aliphatic heterocycles. The van der Waals surface area contributed by atoms with Gasteiger partial charge in [0.1, 0.15) is 12.3 Å². The van der Waals surface area contributed by atoms with Gasteiger partial charge >= 0.3 is 0 Å². The second kappa shape index (κ2) is 5.68. The number of carbonyl (C=O) groups is 1. The number of nitrogens with one attached hydrogen (secondary N) is 1. The molecule has 0 spiro atoms. The Hall–Kier alpha value is -2.38. The van der Waals surface area contributed by atoms with E-state index in [1.807, 2.05) is 23.8 Å². The lowest BCUT2D eigenvalue weighted by molar-refractivity contribution is -0.133. The van der Waals surface area contributed by atoms with E-state index < -0.39 is 18.4 Å². The Labute approximate surface area is 133 Å². The number of Topliss-reactive ketones (excluding diaryl/α,β-unsaturated/α-hetero) is 1. The van der Waals surface area contributed by atoms with Crippen LogP contribution in [0.4, 0.5) is 0 Å². The van der Waals surface area contributed by atoms with Gasteiger partial charge in [-0.2, -0.15) is 5.10 Å². The maximum absolute atomic E-state index is 11.5. The van der Waals surface area contributed by atoms with Crippen molar-refractivity contribution in [2.24, 2.45) is 5.73 Å². The molecule has 122 valence electrons. The Balaban J connectivity index is 2.03. The van der Waals surface area contributed by atoms with Gasteiger partial charge in [-0.3, -0.25) is 9.89 Å². The Morgan fingerprint density at radius 3 is 2.87 bits per heavy atom. The molecule has 2 aromatic rings. The fourth-order valence-corrected chi connectivity index (χ4v) is 3.13. The lowest BCUT2D eigenvalue weighted by atomic mass is 10.1. The molecule has 0 aliphatic carbocycles. The smallest absolute Gasteiger partial charge is 0.161 e. The Bertz CT molecular complexity index is 748. The lowest BCUT2D eigenvalue weighted by Crippen LogP contribution is -2.28. The number of ketones is 1. The van der Waals surface area contributed by atoms with Crippen molar-refractivity contribution >= 4 is 11.5 Å². The van der Waals surface area contributed by atoms with Gasteiger partial charge in [-0.1, -0.05) is 6.58 Å². The van der Waals surface area contributed by atoms with Crippen LogP contribution >= 0.6 is 0 Å². The first-order valence-corrected chi connectivity index (χ1v) is 7.40. The summed E-state index contributed by atoms with van der Waals surface area (Å²) in [5.74, 6) is -0.179. The molecule has 3 atom stereocenters. The fraction of sp³-hybridized carbons (Fsp3) is 0.375. The maximum Gasteiger partial charge on any atom is 0.161 e. The number of aliphatic hydroxyl groups excluding tert-OH is 1. The van der Waals surface area contributed by atoms with Crippen molar-refractivity contribution in [2.75, 3.05) is 0 Å². The van der Waals surface area contributed by atoms with Gasteiger partial charge in [-0.05, 0) is 19.9 Å². The Morgan fingerprint density at radius 2 is 2.35 bits per heavy atom. The minimum Gasteiger partial charge on any atom is -0.399 e. The zero-order valence-corrected chi connectivity index (χ0v) is 13.1. The summed E-state index contributed by atoms with van der Waals surface area (Å²) in [6.45, 7) is 7.17. The van der Waals surface area contributed by atoms with Crippen LogP contribution in [0, 0.1) is 6.92 Å². The second-order valence-electron chi connectivity index (χ2n) is 5.83. The first-order valence-electron chi connectivity index (χ1n) is 7.40. The van der Waals surface area contributed by atoms with Crippen molar-refractivity contribution < 1.29 is 14.6 Å². The highest BCUT2D eigenvalue weighted by Crippen LogP contribution is 2.36. The van der Waals surface area contributed by atoms with Gasteiger partial charge in [0.05, 0.1) is 11.8 Å². The number of nitrogens with zero attached hydrogens (tertiary/aromatic N) is 2. The zero-order chi connectivity index (χ0) is 16.7. The topological polar surface area (TPSA) is 106 Å². The molecule has 0 aromatic carbocycles. The number of hydrogen-bond acceptors (Lipinski definition) is 5. The SMILES string of the molecule is C=C(N)c1c(-c2ccn[nH]2)cn([C@H]2C[C@H](O)[C@@H](C(C)=O)O2)c1C. The third-order valence-electron chi connectivity index (χ3n) is 4.21. The monoisotopic (exact) mass is 316 g/mol. The van der Waals surface area contributed by atoms with Gasteiger partial charge in [0.2, 0.25) is 0 Å². The van der Waals surface area contributed by atoms with Gasteiger partial charge in [0.25, 0.3) is 0 Å². The van der Waals surface area contributed by atoms with Crippen LogP contribution in [-0.4, -0.2) is 37.9 Å². The highest BCUT2D eigenvalue weighted by Gasteiger charge is 2.38. The predicted molar refractivity (Wildman–Crippen MR) is 85.2 cm³/mol. The van der Waals surface area contributed by atoms with Crippen molar-refractivity contribution in [2.45, 2.75) is 38.7 Å². The van der Waals surface area contributed by atoms with Crippen LogP contribution in [0.5, 0.6) is 0 Å². The van der Waals surface area contributed by atoms with E-state index in [-0.39, 0.29) is 5.78 Å². The molecule has 7 heteroatoms. The molecule has 0 saturated carbocycles. The van der Waals surface area contributed by atoms with E-state index in [1.54, 1.807) is 6.20 Å². The summed E-state index contributed by atoms with van der Waals surface area (Å²) in [6, 6.07) is 1.84. The molecule has 1 saturated heterocycles. The number of carbonyl (C=O) groups excluding carboxylic acids is 1. The first kappa shape index (κ1) is 15.5. The van der Waals surface area contributed by atoms with E-state index in [4.69, 9.17) is 10.5 Å². The predicted octanol–water partition coefficient (Wildman–Crippen LogP) is 1.35. The lowest BCUT2D eigenvalue weighted by Gasteiger charge is -2.15. The van der Waals surface area contributed by atoms with E-state index in [0.29, 0.717) is 12.1 Å². The van der Waals surface area contributed by atoms with Gasteiger partial charge in [-0.15, -0.1) is 0 Å². The number of aromatic nitrogens is 3. The molecule has 7 nitrogen and oxygen atoms in total. The summed E-state index contributed by atoms with van der Waals surface area (Å²) in [4.78, 5) is 11.5. The van der Waals surface area contributed by atoms with Crippen molar-refractivity contribution in [3.8, 4) is 11.3 Å². The molecule has 1 fully saturated rings. The highest BCUT2D eigenvalue weighted by atomic mass is 16.5. The van der Waals surface area contributed by atoms with Crippen molar-refractivity contribution in [1.29, 1.82) is 0 Å². The second-order valence-corrected chi connectivity index (χ2v) is 5.83. The number of H-pyrrole nitrogens is 1. The maximum atomic E-state index is 11.5. The zero-order valence-electron chi connectivity index (χ0n) is 13.1. The Kier molecular flexibility index (Phi) is 3.83. The van der Waals surface area contributed by atoms with Gasteiger partial charge < -0.3 is 20.1 Å². The fourth-order valence-electron chi connectivity index (χ4n) is 3.13. The summed E-state index contributed by atoms with van der Waals surface area (Å²) < 4.78 is 7.62. The van der Waals surface area contributed by atoms with Crippen molar-refractivity contribution in [3.05, 3.63) is 36.3 Å². The molecule has 0 amide bonds. The first-order chi connectivity index (χ1) is 10.9. The van der Waals surface area contributed by atoms with Crippen LogP contribution in [0.2, 0.25) is 0 Å². The molecule has 3 heterocycles. The van der Waals surface area contributed by atoms with Gasteiger partial charge in [0.15, 0.2) is 5.78 Å². The molecule has 0 bridgehead atoms. The minimum atomic E-state index is -0.806. The van der Waals surface area contributed by atoms with Crippen LogP contribution in [-0.2, 0) is 9.53 Å². The molecule has 3 rings (SSSR count).